The van der Waals surface area contributed by atoms with Gasteiger partial charge >= 0.3 is 5.97 Å². The van der Waals surface area contributed by atoms with E-state index in [1.165, 1.54) is 0 Å². The van der Waals surface area contributed by atoms with Crippen LogP contribution in [-0.2, 0) is 14.3 Å². The van der Waals surface area contributed by atoms with Gasteiger partial charge in [0.2, 0.25) is 0 Å². The van der Waals surface area contributed by atoms with Crippen molar-refractivity contribution in [1.29, 1.82) is 0 Å². The molecule has 1 fully saturated rings. The number of carbonyl (C=O) groups excluding carboxylic acids is 1. The fourth-order valence-electron chi connectivity index (χ4n) is 5.57. The minimum absolute atomic E-state index is 0.246. The molecule has 0 spiro atoms. The van der Waals surface area contributed by atoms with Crippen molar-refractivity contribution in [2.75, 3.05) is 43.1 Å². The van der Waals surface area contributed by atoms with Crippen molar-refractivity contribution in [2.24, 2.45) is 5.41 Å². The van der Waals surface area contributed by atoms with Crippen molar-refractivity contribution in [2.45, 2.75) is 93.0 Å². The maximum absolute atomic E-state index is 13.7. The van der Waals surface area contributed by atoms with Crippen LogP contribution < -0.4 is 14.5 Å². The number of carbonyl (C=O) groups is 1. The Bertz CT molecular complexity index is 1490. The zero-order valence-corrected chi connectivity index (χ0v) is 30.0. The summed E-state index contributed by atoms with van der Waals surface area (Å²) in [6.07, 6.45) is 4.59. The molecule has 3 aromatic rings. The monoisotopic (exact) mass is 650 g/mol. The Kier molecular flexibility index (Phi) is 11.3. The summed E-state index contributed by atoms with van der Waals surface area (Å²) in [7, 11) is 2.01. The van der Waals surface area contributed by atoms with Crippen LogP contribution in [0.15, 0.2) is 42.7 Å². The Morgan fingerprint density at radius 3 is 2.35 bits per heavy atom. The normalized spacial score (nSPS) is 15.5. The Morgan fingerprint density at radius 2 is 1.76 bits per heavy atom. The van der Waals surface area contributed by atoms with Crippen LogP contribution >= 0.6 is 11.6 Å². The maximum Gasteiger partial charge on any atom is 0.340 e. The molecule has 4 rings (SSSR count). The molecule has 0 saturated carbocycles. The van der Waals surface area contributed by atoms with Crippen molar-refractivity contribution >= 4 is 28.9 Å². The quantitative estimate of drug-likeness (QED) is 0.192. The third-order valence-corrected chi connectivity index (χ3v) is 8.55. The van der Waals surface area contributed by atoms with Gasteiger partial charge in [-0.05, 0) is 96.6 Å². The van der Waals surface area contributed by atoms with E-state index in [-0.39, 0.29) is 11.5 Å². The molecule has 2 aromatic heterocycles. The molecule has 0 radical (unpaired) electrons. The second-order valence-electron chi connectivity index (χ2n) is 14.4. The highest BCUT2D eigenvalue weighted by atomic mass is 35.5. The predicted octanol–water partition coefficient (Wildman–Crippen LogP) is 8.36. The number of halogens is 1. The van der Waals surface area contributed by atoms with Gasteiger partial charge in [0.05, 0.1) is 46.5 Å². The van der Waals surface area contributed by atoms with E-state index in [0.717, 1.165) is 65.4 Å². The van der Waals surface area contributed by atoms with Gasteiger partial charge in [-0.15, -0.1) is 0 Å². The van der Waals surface area contributed by atoms with E-state index in [9.17, 15) is 4.79 Å². The van der Waals surface area contributed by atoms with Crippen LogP contribution in [0.3, 0.4) is 0 Å². The fourth-order valence-corrected chi connectivity index (χ4v) is 5.86. The van der Waals surface area contributed by atoms with Crippen LogP contribution in [0, 0.1) is 19.3 Å². The number of ether oxygens (including phenoxy) is 3. The van der Waals surface area contributed by atoms with Crippen molar-refractivity contribution in [3.05, 3.63) is 64.6 Å². The van der Waals surface area contributed by atoms with Crippen LogP contribution in [0.25, 0.3) is 11.3 Å². The topological polar surface area (TPSA) is 77.0 Å². The largest absolute Gasteiger partial charge is 0.490 e. The predicted molar refractivity (Wildman–Crippen MR) is 187 cm³/mol. The smallest absolute Gasteiger partial charge is 0.340 e. The van der Waals surface area contributed by atoms with E-state index in [1.807, 2.05) is 92.2 Å². The molecule has 46 heavy (non-hydrogen) atoms. The standard InChI is InChI=1S/C37H51ClN4O4/c1-24(2)45-35(43)34(46-36(5,6)7)32-26(4)39-23-28(33(32)42-17-15-37(8,9)16-18-42)30-13-12-27(22-40-30)41(10)19-20-44-31-14-11-25(3)21-29(31)38/h11-14,21-24,34H,15-20H2,1-10H3/t34-/m0/s1. The van der Waals surface area contributed by atoms with E-state index >= 15 is 0 Å². The third-order valence-electron chi connectivity index (χ3n) is 8.26. The van der Waals surface area contributed by atoms with E-state index in [2.05, 4.69) is 29.7 Å². The fraction of sp³-hybridized carbons (Fsp3) is 0.541. The van der Waals surface area contributed by atoms with Crippen molar-refractivity contribution in [3.63, 3.8) is 0 Å². The molecule has 1 aliphatic rings. The number of piperidine rings is 1. The molecule has 250 valence electrons. The summed E-state index contributed by atoms with van der Waals surface area (Å²) in [5.74, 6) is 0.265. The summed E-state index contributed by atoms with van der Waals surface area (Å²) in [4.78, 5) is 27.9. The van der Waals surface area contributed by atoms with E-state index in [1.54, 1.807) is 0 Å². The van der Waals surface area contributed by atoms with Crippen molar-refractivity contribution < 1.29 is 19.0 Å². The lowest BCUT2D eigenvalue weighted by molar-refractivity contribution is -0.171. The van der Waals surface area contributed by atoms with E-state index in [0.29, 0.717) is 23.9 Å². The lowest BCUT2D eigenvalue weighted by Crippen LogP contribution is -2.39. The summed E-state index contributed by atoms with van der Waals surface area (Å²) < 4.78 is 18.2. The number of hydrogen-bond acceptors (Lipinski definition) is 8. The molecule has 0 amide bonds. The van der Waals surface area contributed by atoms with Gasteiger partial charge in [0.15, 0.2) is 6.10 Å². The molecule has 1 aliphatic heterocycles. The molecule has 0 bridgehead atoms. The van der Waals surface area contributed by atoms with Crippen LogP contribution in [0.1, 0.15) is 84.2 Å². The summed E-state index contributed by atoms with van der Waals surface area (Å²) in [5, 5.41) is 0.612. The molecule has 8 nitrogen and oxygen atoms in total. The van der Waals surface area contributed by atoms with Gasteiger partial charge in [0, 0.05) is 43.2 Å². The zero-order valence-electron chi connectivity index (χ0n) is 29.2. The number of aryl methyl sites for hydroxylation is 2. The lowest BCUT2D eigenvalue weighted by Gasteiger charge is -2.41. The molecule has 0 unspecified atom stereocenters. The first-order chi connectivity index (χ1) is 21.5. The average molecular weight is 651 g/mol. The number of nitrogens with zero attached hydrogens (tertiary/aromatic N) is 4. The molecule has 1 aromatic carbocycles. The van der Waals surface area contributed by atoms with E-state index < -0.39 is 17.7 Å². The highest BCUT2D eigenvalue weighted by Gasteiger charge is 2.37. The second kappa shape index (κ2) is 14.6. The Morgan fingerprint density at radius 1 is 1.07 bits per heavy atom. The zero-order chi connectivity index (χ0) is 33.8. The van der Waals surface area contributed by atoms with Crippen molar-refractivity contribution in [1.82, 2.24) is 9.97 Å². The number of hydrogen-bond donors (Lipinski definition) is 0. The molecule has 9 heteroatoms. The minimum Gasteiger partial charge on any atom is -0.490 e. The Hall–Kier alpha value is -3.36. The molecule has 3 heterocycles. The summed E-state index contributed by atoms with van der Waals surface area (Å²) in [5.41, 5.74) is 5.77. The van der Waals surface area contributed by atoms with Crippen LogP contribution in [0.4, 0.5) is 11.4 Å². The van der Waals surface area contributed by atoms with Crippen LogP contribution in [-0.4, -0.2) is 60.9 Å². The SMILES string of the molecule is Cc1ccc(OCCN(C)c2ccc(-c3cnc(C)c([C@H](OC(C)(C)C)C(=O)OC(C)C)c3N3CCC(C)(C)CC3)nc2)c(Cl)c1. The summed E-state index contributed by atoms with van der Waals surface area (Å²) in [6, 6.07) is 9.86. The van der Waals surface area contributed by atoms with Gasteiger partial charge in [0.1, 0.15) is 12.4 Å². The van der Waals surface area contributed by atoms with Gasteiger partial charge in [-0.3, -0.25) is 9.97 Å². The minimum atomic E-state index is -0.938. The number of anilines is 2. The molecular weight excluding hydrogens is 600 g/mol. The van der Waals surface area contributed by atoms with Gasteiger partial charge in [0.25, 0.3) is 0 Å². The van der Waals surface area contributed by atoms with Crippen molar-refractivity contribution in [3.8, 4) is 17.0 Å². The van der Waals surface area contributed by atoms with Gasteiger partial charge in [-0.25, -0.2) is 4.79 Å². The Balaban J connectivity index is 1.68. The number of benzene rings is 1. The Labute approximate surface area is 280 Å². The molecule has 1 atom stereocenters. The number of aromatic nitrogens is 2. The first-order valence-corrected chi connectivity index (χ1v) is 16.6. The number of likely N-dealkylation sites (N-methyl/N-ethyl adjacent to an activating group) is 1. The van der Waals surface area contributed by atoms with Crippen LogP contribution in [0.5, 0.6) is 5.75 Å². The van der Waals surface area contributed by atoms with Gasteiger partial charge in [-0.1, -0.05) is 31.5 Å². The molecule has 0 N–H and O–H groups in total. The summed E-state index contributed by atoms with van der Waals surface area (Å²) in [6.45, 7) is 21.0. The summed E-state index contributed by atoms with van der Waals surface area (Å²) >= 11 is 6.34. The maximum atomic E-state index is 13.7. The number of rotatable bonds is 11. The highest BCUT2D eigenvalue weighted by Crippen LogP contribution is 2.43. The number of esters is 1. The first kappa shape index (κ1) is 35.5. The average Bonchev–Trinajstić information content (AvgIpc) is 2.96. The third kappa shape index (κ3) is 9.13. The highest BCUT2D eigenvalue weighted by molar-refractivity contribution is 6.32. The number of pyridine rings is 2. The van der Waals surface area contributed by atoms with Gasteiger partial charge < -0.3 is 24.0 Å². The lowest BCUT2D eigenvalue weighted by atomic mass is 9.82. The second-order valence-corrected chi connectivity index (χ2v) is 14.8. The molecule has 1 saturated heterocycles. The van der Waals surface area contributed by atoms with E-state index in [4.69, 9.17) is 35.8 Å². The van der Waals surface area contributed by atoms with Gasteiger partial charge in [-0.2, -0.15) is 0 Å². The van der Waals surface area contributed by atoms with Crippen LogP contribution in [0.2, 0.25) is 5.02 Å². The molecule has 0 aliphatic carbocycles. The first-order valence-electron chi connectivity index (χ1n) is 16.2. The molecular formula is C37H51ClN4O4.